The maximum atomic E-state index is 13.0. The van der Waals surface area contributed by atoms with Crippen molar-refractivity contribution in [3.63, 3.8) is 0 Å². The number of alkyl halides is 3. The fraction of sp³-hybridized carbons (Fsp3) is 0.105. The van der Waals surface area contributed by atoms with E-state index in [-0.39, 0.29) is 10.6 Å². The first-order chi connectivity index (χ1) is 14.6. The number of anilines is 1. The fourth-order valence-corrected chi connectivity index (χ4v) is 3.53. The number of carbonyl (C=O) groups is 3. The van der Waals surface area contributed by atoms with E-state index in [4.69, 9.17) is 0 Å². The molecule has 3 amide bonds. The molecule has 2 aromatic carbocycles. The molecule has 0 radical (unpaired) electrons. The summed E-state index contributed by atoms with van der Waals surface area (Å²) in [5.41, 5.74) is -1.49. The minimum Gasteiger partial charge on any atom is -0.324 e. The van der Waals surface area contributed by atoms with Crippen molar-refractivity contribution in [1.29, 1.82) is 0 Å². The Kier molecular flexibility index (Phi) is 6.11. The third-order valence-electron chi connectivity index (χ3n) is 4.06. The van der Waals surface area contributed by atoms with E-state index in [9.17, 15) is 37.7 Å². The van der Waals surface area contributed by atoms with Gasteiger partial charge in [0.25, 0.3) is 16.8 Å². The number of carbonyl (C=O) groups excluding carboxylic acids is 3. The van der Waals surface area contributed by atoms with Gasteiger partial charge in [0.05, 0.1) is 21.1 Å². The molecule has 0 aromatic heterocycles. The predicted octanol–water partition coefficient (Wildman–Crippen LogP) is 4.29. The Bertz CT molecular complexity index is 1120. The molecule has 1 aliphatic heterocycles. The van der Waals surface area contributed by atoms with Gasteiger partial charge < -0.3 is 5.32 Å². The number of benzene rings is 2. The number of nitrogens with one attached hydrogen (secondary N) is 1. The number of para-hydroxylation sites is 1. The zero-order valence-corrected chi connectivity index (χ0v) is 16.2. The van der Waals surface area contributed by atoms with Crippen molar-refractivity contribution in [2.24, 2.45) is 0 Å². The van der Waals surface area contributed by atoms with Gasteiger partial charge >= 0.3 is 6.18 Å². The SMILES string of the molecule is O=C(CN1C(=O)S/C(=C\c2cccc([N+](=O)[O-])c2)C1=O)Nc1ccccc1C(F)(F)F. The first-order valence-electron chi connectivity index (χ1n) is 8.52. The molecule has 8 nitrogen and oxygen atoms in total. The highest BCUT2D eigenvalue weighted by atomic mass is 32.2. The molecule has 3 rings (SSSR count). The van der Waals surface area contributed by atoms with Crippen LogP contribution in [0.3, 0.4) is 0 Å². The smallest absolute Gasteiger partial charge is 0.324 e. The fourth-order valence-electron chi connectivity index (χ4n) is 2.69. The Morgan fingerprint density at radius 1 is 1.16 bits per heavy atom. The number of hydrogen-bond donors (Lipinski definition) is 1. The van der Waals surface area contributed by atoms with Crippen LogP contribution in [0.25, 0.3) is 6.08 Å². The maximum Gasteiger partial charge on any atom is 0.418 e. The van der Waals surface area contributed by atoms with Crippen molar-refractivity contribution in [3.8, 4) is 0 Å². The highest BCUT2D eigenvalue weighted by Crippen LogP contribution is 2.35. The summed E-state index contributed by atoms with van der Waals surface area (Å²) < 4.78 is 39.1. The monoisotopic (exact) mass is 451 g/mol. The van der Waals surface area contributed by atoms with E-state index in [2.05, 4.69) is 5.32 Å². The first kappa shape index (κ1) is 22.0. The summed E-state index contributed by atoms with van der Waals surface area (Å²) >= 11 is 0.515. The molecule has 1 heterocycles. The van der Waals surface area contributed by atoms with Crippen LogP contribution in [0.2, 0.25) is 0 Å². The van der Waals surface area contributed by atoms with E-state index in [1.807, 2.05) is 0 Å². The van der Waals surface area contributed by atoms with E-state index in [0.29, 0.717) is 22.2 Å². The average molecular weight is 451 g/mol. The van der Waals surface area contributed by atoms with E-state index in [1.54, 1.807) is 0 Å². The van der Waals surface area contributed by atoms with Crippen LogP contribution in [-0.2, 0) is 15.8 Å². The second-order valence-electron chi connectivity index (χ2n) is 6.21. The van der Waals surface area contributed by atoms with Crippen LogP contribution < -0.4 is 5.32 Å². The van der Waals surface area contributed by atoms with Crippen LogP contribution >= 0.6 is 11.8 Å². The van der Waals surface area contributed by atoms with E-state index in [1.165, 1.54) is 36.4 Å². The highest BCUT2D eigenvalue weighted by Gasteiger charge is 2.37. The molecule has 0 saturated carbocycles. The molecule has 0 aliphatic carbocycles. The van der Waals surface area contributed by atoms with Gasteiger partial charge in [0.2, 0.25) is 5.91 Å². The quantitative estimate of drug-likeness (QED) is 0.413. The van der Waals surface area contributed by atoms with Crippen LogP contribution in [0.15, 0.2) is 53.4 Å². The lowest BCUT2D eigenvalue weighted by molar-refractivity contribution is -0.384. The molecule has 2 aromatic rings. The van der Waals surface area contributed by atoms with Crippen LogP contribution in [-0.4, -0.2) is 33.4 Å². The number of amides is 3. The number of halogens is 3. The summed E-state index contributed by atoms with van der Waals surface area (Å²) in [6, 6.07) is 9.65. The number of hydrogen-bond acceptors (Lipinski definition) is 6. The second-order valence-corrected chi connectivity index (χ2v) is 7.20. The third kappa shape index (κ3) is 5.09. The van der Waals surface area contributed by atoms with Crippen LogP contribution in [0.4, 0.5) is 29.3 Å². The molecule has 1 N–H and O–H groups in total. The molecule has 160 valence electrons. The Hall–Kier alpha value is -3.67. The molecular weight excluding hydrogens is 439 g/mol. The van der Waals surface area contributed by atoms with Crippen LogP contribution in [0.1, 0.15) is 11.1 Å². The summed E-state index contributed by atoms with van der Waals surface area (Å²) in [6.07, 6.45) is -3.44. The lowest BCUT2D eigenvalue weighted by atomic mass is 10.1. The van der Waals surface area contributed by atoms with Gasteiger partial charge in [-0.15, -0.1) is 0 Å². The third-order valence-corrected chi connectivity index (χ3v) is 4.97. The van der Waals surface area contributed by atoms with Crippen molar-refractivity contribution < 1.29 is 32.5 Å². The van der Waals surface area contributed by atoms with Crippen molar-refractivity contribution >= 4 is 46.3 Å². The summed E-state index contributed by atoms with van der Waals surface area (Å²) in [6.45, 7) is -0.789. The molecule has 0 unspecified atom stereocenters. The molecule has 1 aliphatic rings. The molecule has 0 bridgehead atoms. The Labute approximate surface area is 176 Å². The van der Waals surface area contributed by atoms with Crippen molar-refractivity contribution in [2.45, 2.75) is 6.18 Å². The summed E-state index contributed by atoms with van der Waals surface area (Å²) in [5.74, 6) is -1.82. The Morgan fingerprint density at radius 2 is 1.87 bits per heavy atom. The number of rotatable bonds is 5. The van der Waals surface area contributed by atoms with Gasteiger partial charge in [-0.3, -0.25) is 29.4 Å². The van der Waals surface area contributed by atoms with Crippen LogP contribution in [0.5, 0.6) is 0 Å². The van der Waals surface area contributed by atoms with Gasteiger partial charge in [-0.1, -0.05) is 24.3 Å². The van der Waals surface area contributed by atoms with Gasteiger partial charge in [-0.25, -0.2) is 0 Å². The lowest BCUT2D eigenvalue weighted by Gasteiger charge is -2.15. The van der Waals surface area contributed by atoms with E-state index < -0.39 is 45.9 Å². The number of nitro benzene ring substituents is 1. The molecule has 12 heteroatoms. The maximum absolute atomic E-state index is 13.0. The molecule has 31 heavy (non-hydrogen) atoms. The Balaban J connectivity index is 1.74. The summed E-state index contributed by atoms with van der Waals surface area (Å²) in [5, 5.41) is 12.1. The van der Waals surface area contributed by atoms with Crippen molar-refractivity contribution in [3.05, 3.63) is 74.7 Å². The van der Waals surface area contributed by atoms with Crippen molar-refractivity contribution in [1.82, 2.24) is 4.90 Å². The number of thioether (sulfide) groups is 1. The van der Waals surface area contributed by atoms with Gasteiger partial charge in [0.15, 0.2) is 0 Å². The Morgan fingerprint density at radius 3 is 2.55 bits per heavy atom. The molecule has 0 atom stereocenters. The first-order valence-corrected chi connectivity index (χ1v) is 9.34. The molecular formula is C19H12F3N3O5S. The number of nitro groups is 1. The summed E-state index contributed by atoms with van der Waals surface area (Å²) in [4.78, 5) is 47.5. The molecule has 1 fully saturated rings. The van der Waals surface area contributed by atoms with Crippen molar-refractivity contribution in [2.75, 3.05) is 11.9 Å². The second kappa shape index (κ2) is 8.60. The standard InChI is InChI=1S/C19H12F3N3O5S/c20-19(21,22)13-6-1-2-7-14(13)23-16(26)10-24-17(27)15(31-18(24)28)9-11-4-3-5-12(8-11)25(29)30/h1-9H,10H2,(H,23,26)/b15-9-. The average Bonchev–Trinajstić information content (AvgIpc) is 2.95. The number of non-ortho nitro benzene ring substituents is 1. The van der Waals surface area contributed by atoms with Gasteiger partial charge in [-0.2, -0.15) is 13.2 Å². The normalized spacial score (nSPS) is 15.5. The predicted molar refractivity (Wildman–Crippen MR) is 106 cm³/mol. The largest absolute Gasteiger partial charge is 0.418 e. The van der Waals surface area contributed by atoms with E-state index >= 15 is 0 Å². The van der Waals surface area contributed by atoms with Gasteiger partial charge in [0, 0.05) is 12.1 Å². The van der Waals surface area contributed by atoms with Gasteiger partial charge in [0.1, 0.15) is 6.54 Å². The number of nitrogens with zero attached hydrogens (tertiary/aromatic N) is 2. The minimum absolute atomic E-state index is 0.0750. The van der Waals surface area contributed by atoms with Gasteiger partial charge in [-0.05, 0) is 35.5 Å². The van der Waals surface area contributed by atoms with E-state index in [0.717, 1.165) is 18.2 Å². The number of imide groups is 1. The minimum atomic E-state index is -4.70. The molecule has 1 saturated heterocycles. The zero-order valence-electron chi connectivity index (χ0n) is 15.4. The highest BCUT2D eigenvalue weighted by molar-refractivity contribution is 8.18. The molecule has 0 spiro atoms. The lowest BCUT2D eigenvalue weighted by Crippen LogP contribution is -2.36. The summed E-state index contributed by atoms with van der Waals surface area (Å²) in [7, 11) is 0. The topological polar surface area (TPSA) is 110 Å². The zero-order chi connectivity index (χ0) is 22.8. The van der Waals surface area contributed by atoms with Crippen LogP contribution in [0, 0.1) is 10.1 Å².